The first-order valence-corrected chi connectivity index (χ1v) is 19.9. The highest BCUT2D eigenvalue weighted by Crippen LogP contribution is 2.19. The van der Waals surface area contributed by atoms with Gasteiger partial charge >= 0.3 is 5.97 Å². The van der Waals surface area contributed by atoms with E-state index >= 15 is 0 Å². The predicted octanol–water partition coefficient (Wildman–Crippen LogP) is 13.9. The number of hydrogen-bond donors (Lipinski definition) is 1. The van der Waals surface area contributed by atoms with Crippen molar-refractivity contribution in [1.82, 2.24) is 0 Å². The van der Waals surface area contributed by atoms with Crippen molar-refractivity contribution in [2.45, 2.75) is 239 Å². The highest BCUT2D eigenvalue weighted by molar-refractivity contribution is 5.98. The van der Waals surface area contributed by atoms with Crippen LogP contribution in [-0.4, -0.2) is 16.9 Å². The monoisotopic (exact) mass is 607 g/mol. The summed E-state index contributed by atoms with van der Waals surface area (Å²) in [6, 6.07) is 0. The molecule has 0 aliphatic heterocycles. The first kappa shape index (κ1) is 42.1. The van der Waals surface area contributed by atoms with E-state index in [-0.39, 0.29) is 5.78 Å². The Morgan fingerprint density at radius 2 is 0.605 bits per heavy atom. The van der Waals surface area contributed by atoms with Gasteiger partial charge in [0.1, 0.15) is 11.7 Å². The Bertz CT molecular complexity index is 572. The molecule has 0 aromatic rings. The van der Waals surface area contributed by atoms with Gasteiger partial charge in [0.25, 0.3) is 0 Å². The van der Waals surface area contributed by atoms with Crippen LogP contribution in [0.5, 0.6) is 0 Å². The van der Waals surface area contributed by atoms with Crippen molar-refractivity contribution in [2.24, 2.45) is 5.92 Å². The Morgan fingerprint density at radius 1 is 0.372 bits per heavy atom. The number of Topliss-reactive ketones (excluding diaryl/α,β-unsaturated/α-hetero) is 1. The highest BCUT2D eigenvalue weighted by atomic mass is 16.4. The van der Waals surface area contributed by atoms with E-state index in [4.69, 9.17) is 0 Å². The standard InChI is InChI=1S/C40H78O3/c1-3-5-7-9-11-13-15-17-19-21-23-25-27-29-31-33-35-37-39(41)38(40(42)43)36-34-32-30-28-26-24-22-20-18-16-14-12-10-8-6-4-2/h38H,3-37H2,1-2H3,(H,42,43). The highest BCUT2D eigenvalue weighted by Gasteiger charge is 2.24. The van der Waals surface area contributed by atoms with Crippen molar-refractivity contribution < 1.29 is 14.7 Å². The van der Waals surface area contributed by atoms with Crippen LogP contribution in [0.25, 0.3) is 0 Å². The summed E-state index contributed by atoms with van der Waals surface area (Å²) in [5, 5.41) is 9.59. The molecule has 0 aromatic heterocycles. The maximum Gasteiger partial charge on any atom is 0.314 e. The summed E-state index contributed by atoms with van der Waals surface area (Å²) in [6.07, 6.45) is 44.5. The molecule has 0 aliphatic carbocycles. The smallest absolute Gasteiger partial charge is 0.314 e. The van der Waals surface area contributed by atoms with Crippen LogP contribution in [0, 0.1) is 5.92 Å². The zero-order valence-electron chi connectivity index (χ0n) is 29.6. The fourth-order valence-electron chi connectivity index (χ4n) is 6.52. The van der Waals surface area contributed by atoms with E-state index in [2.05, 4.69) is 13.8 Å². The summed E-state index contributed by atoms with van der Waals surface area (Å²) in [7, 11) is 0. The average molecular weight is 607 g/mol. The Kier molecular flexibility index (Phi) is 34.9. The summed E-state index contributed by atoms with van der Waals surface area (Å²) in [4.78, 5) is 24.2. The molecule has 0 amide bonds. The van der Waals surface area contributed by atoms with Gasteiger partial charge in [-0.1, -0.05) is 219 Å². The van der Waals surface area contributed by atoms with Crippen molar-refractivity contribution in [3.05, 3.63) is 0 Å². The van der Waals surface area contributed by atoms with Crippen LogP contribution >= 0.6 is 0 Å². The molecule has 3 heteroatoms. The van der Waals surface area contributed by atoms with Gasteiger partial charge in [0, 0.05) is 6.42 Å². The van der Waals surface area contributed by atoms with Crippen LogP contribution < -0.4 is 0 Å². The summed E-state index contributed by atoms with van der Waals surface area (Å²) in [5.74, 6) is -1.71. The number of unbranched alkanes of at least 4 members (excludes halogenated alkanes) is 31. The molecular weight excluding hydrogens is 528 g/mol. The summed E-state index contributed by atoms with van der Waals surface area (Å²) in [5.41, 5.74) is 0. The van der Waals surface area contributed by atoms with Gasteiger partial charge in [-0.3, -0.25) is 9.59 Å². The van der Waals surface area contributed by atoms with Crippen molar-refractivity contribution in [3.63, 3.8) is 0 Å². The molecule has 0 bridgehead atoms. The Labute approximate surface area is 270 Å². The molecule has 0 aromatic carbocycles. The van der Waals surface area contributed by atoms with E-state index in [1.165, 1.54) is 186 Å². The quantitative estimate of drug-likeness (QED) is 0.0565. The zero-order valence-corrected chi connectivity index (χ0v) is 29.6. The Morgan fingerprint density at radius 3 is 0.860 bits per heavy atom. The molecule has 0 rings (SSSR count). The topological polar surface area (TPSA) is 54.4 Å². The first-order chi connectivity index (χ1) is 21.1. The van der Waals surface area contributed by atoms with Crippen LogP contribution in [-0.2, 0) is 9.59 Å². The molecule has 1 atom stereocenters. The number of aliphatic carboxylic acids is 1. The fourth-order valence-corrected chi connectivity index (χ4v) is 6.52. The maximum atomic E-state index is 12.6. The van der Waals surface area contributed by atoms with Crippen LogP contribution in [0.3, 0.4) is 0 Å². The number of carboxylic acids is 1. The van der Waals surface area contributed by atoms with Crippen molar-refractivity contribution in [1.29, 1.82) is 0 Å². The summed E-state index contributed by atoms with van der Waals surface area (Å²) >= 11 is 0. The molecule has 0 heterocycles. The van der Waals surface area contributed by atoms with Gasteiger partial charge in [-0.2, -0.15) is 0 Å². The second-order valence-electron chi connectivity index (χ2n) is 13.9. The fraction of sp³-hybridized carbons (Fsp3) is 0.950. The second-order valence-corrected chi connectivity index (χ2v) is 13.9. The SMILES string of the molecule is CCCCCCCCCCCCCCCCCCCC(=O)C(CCCCCCCCCCCCCCCCCC)C(=O)O. The minimum Gasteiger partial charge on any atom is -0.481 e. The predicted molar refractivity (Wildman–Crippen MR) is 189 cm³/mol. The van der Waals surface area contributed by atoms with E-state index in [1.54, 1.807) is 0 Å². The maximum absolute atomic E-state index is 12.6. The molecular formula is C40H78O3. The van der Waals surface area contributed by atoms with Gasteiger partial charge in [0.15, 0.2) is 0 Å². The van der Waals surface area contributed by atoms with Gasteiger partial charge in [-0.15, -0.1) is 0 Å². The molecule has 1 unspecified atom stereocenters. The van der Waals surface area contributed by atoms with E-state index in [1.807, 2.05) is 0 Å². The molecule has 0 saturated heterocycles. The molecule has 0 fully saturated rings. The minimum atomic E-state index is -0.905. The van der Waals surface area contributed by atoms with Gasteiger partial charge in [0.2, 0.25) is 0 Å². The summed E-state index contributed by atoms with van der Waals surface area (Å²) < 4.78 is 0. The number of rotatable bonds is 37. The molecule has 0 radical (unpaired) electrons. The third-order valence-corrected chi connectivity index (χ3v) is 9.56. The molecule has 256 valence electrons. The number of carboxylic acid groups (broad SMARTS) is 1. The molecule has 0 aliphatic rings. The molecule has 1 N–H and O–H groups in total. The van der Waals surface area contributed by atoms with E-state index in [0.29, 0.717) is 12.8 Å². The van der Waals surface area contributed by atoms with E-state index < -0.39 is 11.9 Å². The lowest BCUT2D eigenvalue weighted by molar-refractivity contribution is -0.146. The van der Waals surface area contributed by atoms with Crippen molar-refractivity contribution in [2.75, 3.05) is 0 Å². The summed E-state index contributed by atoms with van der Waals surface area (Å²) in [6.45, 7) is 4.56. The van der Waals surface area contributed by atoms with Gasteiger partial charge in [0.05, 0.1) is 0 Å². The molecule has 0 saturated carbocycles. The largest absolute Gasteiger partial charge is 0.481 e. The second kappa shape index (κ2) is 35.6. The number of ketones is 1. The lowest BCUT2D eigenvalue weighted by atomic mass is 9.93. The van der Waals surface area contributed by atoms with Crippen LogP contribution in [0.1, 0.15) is 239 Å². The number of hydrogen-bond acceptors (Lipinski definition) is 2. The Balaban J connectivity index is 3.50. The average Bonchev–Trinajstić information content (AvgIpc) is 3.00. The lowest BCUT2D eigenvalue weighted by Gasteiger charge is -2.11. The van der Waals surface area contributed by atoms with Crippen LogP contribution in [0.4, 0.5) is 0 Å². The lowest BCUT2D eigenvalue weighted by Crippen LogP contribution is -2.23. The molecule has 43 heavy (non-hydrogen) atoms. The number of carbonyl (C=O) groups excluding carboxylic acids is 1. The third-order valence-electron chi connectivity index (χ3n) is 9.56. The van der Waals surface area contributed by atoms with Gasteiger partial charge in [-0.05, 0) is 12.8 Å². The van der Waals surface area contributed by atoms with Crippen molar-refractivity contribution in [3.8, 4) is 0 Å². The molecule has 3 nitrogen and oxygen atoms in total. The van der Waals surface area contributed by atoms with E-state index in [0.717, 1.165) is 25.7 Å². The van der Waals surface area contributed by atoms with Gasteiger partial charge < -0.3 is 5.11 Å². The third kappa shape index (κ3) is 32.3. The van der Waals surface area contributed by atoms with E-state index in [9.17, 15) is 14.7 Å². The van der Waals surface area contributed by atoms with Crippen LogP contribution in [0.15, 0.2) is 0 Å². The minimum absolute atomic E-state index is 0.0329. The van der Waals surface area contributed by atoms with Crippen molar-refractivity contribution >= 4 is 11.8 Å². The zero-order chi connectivity index (χ0) is 31.5. The number of carbonyl (C=O) groups is 2. The Hall–Kier alpha value is -0.860. The molecule has 0 spiro atoms. The van der Waals surface area contributed by atoms with Crippen LogP contribution in [0.2, 0.25) is 0 Å². The normalized spacial score (nSPS) is 12.1. The van der Waals surface area contributed by atoms with Gasteiger partial charge in [-0.25, -0.2) is 0 Å². The first-order valence-electron chi connectivity index (χ1n) is 19.9.